The van der Waals surface area contributed by atoms with E-state index in [0.29, 0.717) is 5.82 Å². The molecule has 0 amide bonds. The van der Waals surface area contributed by atoms with Crippen LogP contribution in [0.15, 0.2) is 211 Å². The Balaban J connectivity index is 0.990. The second-order valence-corrected chi connectivity index (χ2v) is 14.5. The molecule has 0 radical (unpaired) electrons. The normalized spacial score (nSPS) is 11.5. The van der Waals surface area contributed by atoms with E-state index in [2.05, 4.69) is 170 Å². The third-order valence-corrected chi connectivity index (χ3v) is 11.1. The summed E-state index contributed by atoms with van der Waals surface area (Å²) < 4.78 is 6.86. The summed E-state index contributed by atoms with van der Waals surface area (Å²) in [6, 6.07) is 72.7. The highest BCUT2D eigenvalue weighted by Gasteiger charge is 2.18. The second-order valence-electron chi connectivity index (χ2n) is 14.5. The van der Waals surface area contributed by atoms with Crippen molar-refractivity contribution in [1.82, 2.24) is 9.97 Å². The van der Waals surface area contributed by atoms with E-state index in [0.717, 1.165) is 83.0 Å². The minimum atomic E-state index is 0.695. The molecule has 2 aromatic heterocycles. The summed E-state index contributed by atoms with van der Waals surface area (Å²) in [6.45, 7) is 0. The van der Waals surface area contributed by atoms with E-state index >= 15 is 0 Å². The van der Waals surface area contributed by atoms with Crippen LogP contribution >= 0.6 is 0 Å². The molecule has 11 rings (SSSR count). The molecule has 3 nitrogen and oxygen atoms in total. The van der Waals surface area contributed by atoms with Crippen LogP contribution in [0.3, 0.4) is 0 Å². The number of fused-ring (bicyclic) bond motifs is 6. The second kappa shape index (κ2) is 13.6. The molecule has 3 heteroatoms. The van der Waals surface area contributed by atoms with Gasteiger partial charge in [-0.25, -0.2) is 9.97 Å². The molecule has 0 aliphatic carbocycles. The summed E-state index contributed by atoms with van der Waals surface area (Å²) in [5.41, 5.74) is 13.5. The van der Waals surface area contributed by atoms with Crippen LogP contribution in [-0.4, -0.2) is 9.97 Å². The third kappa shape index (κ3) is 5.85. The lowest BCUT2D eigenvalue weighted by Crippen LogP contribution is -1.96. The van der Waals surface area contributed by atoms with Crippen molar-refractivity contribution >= 4 is 43.5 Å². The summed E-state index contributed by atoms with van der Waals surface area (Å²) in [7, 11) is 0. The average molecular weight is 727 g/mol. The Labute approximate surface area is 330 Å². The first kappa shape index (κ1) is 32.8. The van der Waals surface area contributed by atoms with Gasteiger partial charge in [-0.15, -0.1) is 0 Å². The van der Waals surface area contributed by atoms with Crippen molar-refractivity contribution in [2.45, 2.75) is 0 Å². The number of nitrogens with zero attached hydrogens (tertiary/aromatic N) is 2. The van der Waals surface area contributed by atoms with Crippen LogP contribution in [0.1, 0.15) is 0 Å². The lowest BCUT2D eigenvalue weighted by Gasteiger charge is -2.11. The summed E-state index contributed by atoms with van der Waals surface area (Å²) in [6.07, 6.45) is 0. The highest BCUT2D eigenvalue weighted by atomic mass is 16.3. The average Bonchev–Trinajstić information content (AvgIpc) is 3.68. The van der Waals surface area contributed by atoms with Gasteiger partial charge >= 0.3 is 0 Å². The fourth-order valence-electron chi connectivity index (χ4n) is 8.19. The van der Waals surface area contributed by atoms with Gasteiger partial charge < -0.3 is 4.42 Å². The van der Waals surface area contributed by atoms with E-state index in [1.54, 1.807) is 0 Å². The number of furan rings is 1. The van der Waals surface area contributed by atoms with Gasteiger partial charge in [0.15, 0.2) is 5.82 Å². The molecule has 0 fully saturated rings. The Morgan fingerprint density at radius 3 is 1.51 bits per heavy atom. The maximum Gasteiger partial charge on any atom is 0.160 e. The zero-order chi connectivity index (χ0) is 37.7. The molecule has 2 heterocycles. The monoisotopic (exact) mass is 726 g/mol. The molecule has 0 N–H and O–H groups in total. The predicted octanol–water partition coefficient (Wildman–Crippen LogP) is 14.7. The van der Waals surface area contributed by atoms with Crippen LogP contribution in [0.5, 0.6) is 0 Å². The van der Waals surface area contributed by atoms with Crippen LogP contribution < -0.4 is 0 Å². The molecule has 0 unspecified atom stereocenters. The zero-order valence-corrected chi connectivity index (χ0v) is 30.9. The van der Waals surface area contributed by atoms with E-state index in [1.165, 1.54) is 21.9 Å². The highest BCUT2D eigenvalue weighted by Crippen LogP contribution is 2.43. The summed E-state index contributed by atoms with van der Waals surface area (Å²) in [4.78, 5) is 10.1. The third-order valence-electron chi connectivity index (χ3n) is 11.1. The van der Waals surface area contributed by atoms with E-state index in [4.69, 9.17) is 14.4 Å². The van der Waals surface area contributed by atoms with Crippen molar-refractivity contribution in [3.8, 4) is 67.3 Å². The Hall–Kier alpha value is -7.62. The van der Waals surface area contributed by atoms with Crippen LogP contribution in [0.2, 0.25) is 0 Å². The first-order chi connectivity index (χ1) is 28.2. The van der Waals surface area contributed by atoms with Crippen molar-refractivity contribution < 1.29 is 4.42 Å². The Morgan fingerprint density at radius 1 is 0.281 bits per heavy atom. The molecule has 266 valence electrons. The molecule has 0 bridgehead atoms. The first-order valence-corrected chi connectivity index (χ1v) is 19.3. The quantitative estimate of drug-likeness (QED) is 0.171. The van der Waals surface area contributed by atoms with Gasteiger partial charge in [-0.05, 0) is 62.2 Å². The number of benzene rings is 9. The van der Waals surface area contributed by atoms with Crippen LogP contribution in [-0.2, 0) is 0 Å². The summed E-state index contributed by atoms with van der Waals surface area (Å²) >= 11 is 0. The van der Waals surface area contributed by atoms with E-state index in [9.17, 15) is 0 Å². The molecule has 0 saturated heterocycles. The smallest absolute Gasteiger partial charge is 0.160 e. The molecule has 11 aromatic rings. The fraction of sp³-hybridized carbons (Fsp3) is 0. The number of aromatic nitrogens is 2. The van der Waals surface area contributed by atoms with Crippen LogP contribution in [0.4, 0.5) is 0 Å². The summed E-state index contributed by atoms with van der Waals surface area (Å²) in [5.74, 6) is 0.695. The van der Waals surface area contributed by atoms with E-state index in [-0.39, 0.29) is 0 Å². The number of rotatable bonds is 6. The largest absolute Gasteiger partial charge is 0.455 e. The Morgan fingerprint density at radius 2 is 0.807 bits per heavy atom. The molecule has 0 spiro atoms. The van der Waals surface area contributed by atoms with Gasteiger partial charge in [0.2, 0.25) is 0 Å². The maximum absolute atomic E-state index is 6.86. The molecule has 0 aliphatic rings. The highest BCUT2D eigenvalue weighted by molar-refractivity contribution is 6.20. The Kier molecular flexibility index (Phi) is 7.82. The molecular weight excluding hydrogens is 693 g/mol. The van der Waals surface area contributed by atoms with E-state index in [1.807, 2.05) is 36.4 Å². The van der Waals surface area contributed by atoms with Gasteiger partial charge in [-0.2, -0.15) is 0 Å². The topological polar surface area (TPSA) is 38.9 Å². The van der Waals surface area contributed by atoms with E-state index < -0.39 is 0 Å². The van der Waals surface area contributed by atoms with Gasteiger partial charge in [0.1, 0.15) is 11.2 Å². The summed E-state index contributed by atoms with van der Waals surface area (Å²) in [5, 5.41) is 6.93. The van der Waals surface area contributed by atoms with Crippen molar-refractivity contribution in [2.75, 3.05) is 0 Å². The molecule has 0 aliphatic heterocycles. The molecule has 0 atom stereocenters. The maximum atomic E-state index is 6.86. The number of hydrogen-bond acceptors (Lipinski definition) is 3. The Bertz CT molecular complexity index is 3200. The van der Waals surface area contributed by atoms with Crippen LogP contribution in [0, 0.1) is 0 Å². The molecular formula is C54H34N2O. The lowest BCUT2D eigenvalue weighted by atomic mass is 9.94. The van der Waals surface area contributed by atoms with Gasteiger partial charge in [-0.1, -0.05) is 188 Å². The van der Waals surface area contributed by atoms with Gasteiger partial charge in [-0.3, -0.25) is 0 Å². The first-order valence-electron chi connectivity index (χ1n) is 19.3. The molecule has 9 aromatic carbocycles. The van der Waals surface area contributed by atoms with Crippen LogP contribution in [0.25, 0.3) is 111 Å². The van der Waals surface area contributed by atoms with Crippen molar-refractivity contribution in [1.29, 1.82) is 0 Å². The molecule has 57 heavy (non-hydrogen) atoms. The molecule has 0 saturated carbocycles. The van der Waals surface area contributed by atoms with Gasteiger partial charge in [0.05, 0.1) is 11.4 Å². The van der Waals surface area contributed by atoms with Crippen molar-refractivity contribution in [2.24, 2.45) is 0 Å². The van der Waals surface area contributed by atoms with Crippen molar-refractivity contribution in [3.05, 3.63) is 206 Å². The number of para-hydroxylation sites is 1. The zero-order valence-electron chi connectivity index (χ0n) is 30.9. The predicted molar refractivity (Wildman–Crippen MR) is 237 cm³/mol. The van der Waals surface area contributed by atoms with Crippen molar-refractivity contribution in [3.63, 3.8) is 0 Å². The minimum absolute atomic E-state index is 0.695. The minimum Gasteiger partial charge on any atom is -0.455 e. The lowest BCUT2D eigenvalue weighted by molar-refractivity contribution is 0.674. The van der Waals surface area contributed by atoms with Gasteiger partial charge in [0.25, 0.3) is 0 Å². The number of hydrogen-bond donors (Lipinski definition) is 0. The van der Waals surface area contributed by atoms with Gasteiger partial charge in [0, 0.05) is 38.4 Å². The SMILES string of the molecule is c1ccc(-c2cc(-c3ccccc3)nc(-c3ccc(-c4cc5c6cccc(-c7ccc(-c8ccc9ccccc9c8)cc7)c6oc5c5ccccc45)cc3)n2)cc1. The fourth-order valence-corrected chi connectivity index (χ4v) is 8.19. The standard InChI is InChI=1S/C54H34N2O/c1-3-13-39(14-4-1)50-34-51(40-15-5-2-6-16-40)56-54(55-50)41-29-27-38(28-30-41)48-33-49-47-21-11-20-44(52(47)57-53(49)46-19-10-9-18-45(46)48)37-25-22-36(23-26-37)43-31-24-35-12-7-8-17-42(35)32-43/h1-34H.